The fraction of sp³-hybridized carbons (Fsp3) is 0.231. The molecule has 2 aromatic rings. The zero-order chi connectivity index (χ0) is 11.7. The summed E-state index contributed by atoms with van der Waals surface area (Å²) in [6.07, 6.45) is 3.63. The lowest BCUT2D eigenvalue weighted by molar-refractivity contribution is 0.165. The van der Waals surface area contributed by atoms with E-state index in [2.05, 4.69) is 15.3 Å². The molecule has 1 aromatic heterocycles. The number of fused-ring (bicyclic) bond motifs is 1. The molecule has 1 heterocycles. The number of rotatable bonds is 2. The molecule has 2 unspecified atom stereocenters. The van der Waals surface area contributed by atoms with Gasteiger partial charge in [-0.3, -0.25) is 0 Å². The van der Waals surface area contributed by atoms with Gasteiger partial charge in [0.05, 0.1) is 12.1 Å². The van der Waals surface area contributed by atoms with E-state index >= 15 is 0 Å². The molecular weight excluding hydrogens is 214 g/mol. The summed E-state index contributed by atoms with van der Waals surface area (Å²) in [7, 11) is 0. The molecule has 1 aliphatic rings. The summed E-state index contributed by atoms with van der Waals surface area (Å²) >= 11 is 0. The highest BCUT2D eigenvalue weighted by molar-refractivity contribution is 5.42. The number of benzene rings is 1. The SMILES string of the molecule is OC1Cc2ccccc2C1Nc1ncccn1. The van der Waals surface area contributed by atoms with Crippen LogP contribution in [0, 0.1) is 0 Å². The van der Waals surface area contributed by atoms with Crippen LogP contribution in [0.25, 0.3) is 0 Å². The molecule has 4 heteroatoms. The fourth-order valence-electron chi connectivity index (χ4n) is 2.26. The van der Waals surface area contributed by atoms with Crippen molar-refractivity contribution in [1.29, 1.82) is 0 Å². The second-order valence-corrected chi connectivity index (χ2v) is 4.16. The van der Waals surface area contributed by atoms with Gasteiger partial charge in [-0.15, -0.1) is 0 Å². The van der Waals surface area contributed by atoms with Gasteiger partial charge in [-0.2, -0.15) is 0 Å². The summed E-state index contributed by atoms with van der Waals surface area (Å²) in [5.41, 5.74) is 2.32. The maximum absolute atomic E-state index is 10.1. The highest BCUT2D eigenvalue weighted by Gasteiger charge is 2.30. The molecule has 2 atom stereocenters. The number of aliphatic hydroxyl groups is 1. The number of hydrogen-bond donors (Lipinski definition) is 2. The third-order valence-corrected chi connectivity index (χ3v) is 3.05. The zero-order valence-corrected chi connectivity index (χ0v) is 9.24. The molecule has 1 aliphatic carbocycles. The van der Waals surface area contributed by atoms with E-state index in [1.165, 1.54) is 5.56 Å². The van der Waals surface area contributed by atoms with Gasteiger partial charge < -0.3 is 10.4 Å². The number of aromatic nitrogens is 2. The lowest BCUT2D eigenvalue weighted by atomic mass is 10.1. The zero-order valence-electron chi connectivity index (χ0n) is 9.24. The Hall–Kier alpha value is -1.94. The molecule has 0 amide bonds. The monoisotopic (exact) mass is 227 g/mol. The number of nitrogens with one attached hydrogen (secondary N) is 1. The largest absolute Gasteiger partial charge is 0.390 e. The first-order chi connectivity index (χ1) is 8.34. The first-order valence-electron chi connectivity index (χ1n) is 5.64. The maximum atomic E-state index is 10.1. The Morgan fingerprint density at radius 2 is 1.88 bits per heavy atom. The number of aliphatic hydroxyl groups excluding tert-OH is 1. The quantitative estimate of drug-likeness (QED) is 0.817. The first kappa shape index (κ1) is 10.2. The van der Waals surface area contributed by atoms with E-state index in [1.807, 2.05) is 24.3 Å². The second-order valence-electron chi connectivity index (χ2n) is 4.16. The predicted molar refractivity (Wildman–Crippen MR) is 64.5 cm³/mol. The molecule has 17 heavy (non-hydrogen) atoms. The van der Waals surface area contributed by atoms with Crippen LogP contribution in [0.1, 0.15) is 17.2 Å². The molecule has 0 fully saturated rings. The average Bonchev–Trinajstić information content (AvgIpc) is 2.68. The third-order valence-electron chi connectivity index (χ3n) is 3.05. The molecule has 4 nitrogen and oxygen atoms in total. The third kappa shape index (κ3) is 1.87. The van der Waals surface area contributed by atoms with Crippen LogP contribution in [-0.2, 0) is 6.42 Å². The molecule has 0 saturated heterocycles. The highest BCUT2D eigenvalue weighted by atomic mass is 16.3. The molecule has 3 rings (SSSR count). The van der Waals surface area contributed by atoms with Gasteiger partial charge in [0.1, 0.15) is 0 Å². The summed E-state index contributed by atoms with van der Waals surface area (Å²) in [6, 6.07) is 9.71. The summed E-state index contributed by atoms with van der Waals surface area (Å²) in [5, 5.41) is 13.2. The van der Waals surface area contributed by atoms with E-state index in [4.69, 9.17) is 0 Å². The lowest BCUT2D eigenvalue weighted by Gasteiger charge is -2.17. The maximum Gasteiger partial charge on any atom is 0.223 e. The van der Waals surface area contributed by atoms with Crippen LogP contribution in [0.2, 0.25) is 0 Å². The van der Waals surface area contributed by atoms with Crippen molar-refractivity contribution in [2.24, 2.45) is 0 Å². The van der Waals surface area contributed by atoms with Crippen molar-refractivity contribution in [3.8, 4) is 0 Å². The second kappa shape index (κ2) is 4.14. The van der Waals surface area contributed by atoms with E-state index < -0.39 is 6.10 Å². The Morgan fingerprint density at radius 1 is 1.12 bits per heavy atom. The van der Waals surface area contributed by atoms with Crippen molar-refractivity contribution < 1.29 is 5.11 Å². The predicted octanol–water partition coefficient (Wildman–Crippen LogP) is 1.55. The molecule has 0 bridgehead atoms. The Balaban J connectivity index is 1.89. The Kier molecular flexibility index (Phi) is 2.49. The van der Waals surface area contributed by atoms with Gasteiger partial charge in [0.2, 0.25) is 5.95 Å². The smallest absolute Gasteiger partial charge is 0.223 e. The first-order valence-corrected chi connectivity index (χ1v) is 5.64. The van der Waals surface area contributed by atoms with Crippen LogP contribution in [-0.4, -0.2) is 21.2 Å². The van der Waals surface area contributed by atoms with Crippen molar-refractivity contribution in [3.63, 3.8) is 0 Å². The van der Waals surface area contributed by atoms with Crippen LogP contribution in [0.4, 0.5) is 5.95 Å². The van der Waals surface area contributed by atoms with Gasteiger partial charge in [-0.25, -0.2) is 9.97 Å². The minimum absolute atomic E-state index is 0.117. The average molecular weight is 227 g/mol. The Morgan fingerprint density at radius 3 is 2.71 bits per heavy atom. The van der Waals surface area contributed by atoms with Gasteiger partial charge in [0, 0.05) is 18.8 Å². The van der Waals surface area contributed by atoms with Gasteiger partial charge in [-0.05, 0) is 17.2 Å². The van der Waals surface area contributed by atoms with Crippen molar-refractivity contribution in [2.45, 2.75) is 18.6 Å². The van der Waals surface area contributed by atoms with Crippen molar-refractivity contribution in [1.82, 2.24) is 9.97 Å². The van der Waals surface area contributed by atoms with Gasteiger partial charge in [-0.1, -0.05) is 24.3 Å². The molecule has 0 spiro atoms. The van der Waals surface area contributed by atoms with Crippen molar-refractivity contribution in [3.05, 3.63) is 53.9 Å². The number of hydrogen-bond acceptors (Lipinski definition) is 4. The van der Waals surface area contributed by atoms with E-state index in [1.54, 1.807) is 18.5 Å². The van der Waals surface area contributed by atoms with Crippen LogP contribution in [0.15, 0.2) is 42.7 Å². The summed E-state index contributed by atoms with van der Waals surface area (Å²) in [6.45, 7) is 0. The topological polar surface area (TPSA) is 58.0 Å². The van der Waals surface area contributed by atoms with Crippen LogP contribution in [0.5, 0.6) is 0 Å². The molecule has 0 aliphatic heterocycles. The van der Waals surface area contributed by atoms with Gasteiger partial charge >= 0.3 is 0 Å². The highest BCUT2D eigenvalue weighted by Crippen LogP contribution is 2.33. The molecule has 0 saturated carbocycles. The van der Waals surface area contributed by atoms with E-state index in [-0.39, 0.29) is 6.04 Å². The van der Waals surface area contributed by atoms with Crippen molar-refractivity contribution in [2.75, 3.05) is 5.32 Å². The summed E-state index contributed by atoms with van der Waals surface area (Å²) < 4.78 is 0. The molecule has 0 radical (unpaired) electrons. The summed E-state index contributed by atoms with van der Waals surface area (Å²) in [5.74, 6) is 0.549. The molecule has 1 aromatic carbocycles. The van der Waals surface area contributed by atoms with Gasteiger partial charge in [0.15, 0.2) is 0 Å². The number of nitrogens with zero attached hydrogens (tertiary/aromatic N) is 2. The normalized spacial score (nSPS) is 22.2. The Labute approximate surface area is 99.4 Å². The molecule has 2 N–H and O–H groups in total. The minimum Gasteiger partial charge on any atom is -0.390 e. The number of anilines is 1. The fourth-order valence-corrected chi connectivity index (χ4v) is 2.26. The van der Waals surface area contributed by atoms with E-state index in [0.29, 0.717) is 12.4 Å². The van der Waals surface area contributed by atoms with E-state index in [9.17, 15) is 5.11 Å². The van der Waals surface area contributed by atoms with Gasteiger partial charge in [0.25, 0.3) is 0 Å². The van der Waals surface area contributed by atoms with Crippen molar-refractivity contribution >= 4 is 5.95 Å². The molecule has 86 valence electrons. The van der Waals surface area contributed by atoms with Crippen LogP contribution < -0.4 is 5.32 Å². The Bertz CT molecular complexity index is 515. The summed E-state index contributed by atoms with van der Waals surface area (Å²) in [4.78, 5) is 8.23. The van der Waals surface area contributed by atoms with Crippen LogP contribution in [0.3, 0.4) is 0 Å². The standard InChI is InChI=1S/C13H13N3O/c17-11-8-9-4-1-2-5-10(9)12(11)16-13-14-6-3-7-15-13/h1-7,11-12,17H,8H2,(H,14,15,16). The molecular formula is C13H13N3O. The lowest BCUT2D eigenvalue weighted by Crippen LogP contribution is -2.22. The van der Waals surface area contributed by atoms with Crippen LogP contribution >= 0.6 is 0 Å². The van der Waals surface area contributed by atoms with E-state index in [0.717, 1.165) is 5.56 Å². The minimum atomic E-state index is -0.420.